The smallest absolute Gasteiger partial charge is 0.326 e. The van der Waals surface area contributed by atoms with E-state index in [-0.39, 0.29) is 43.8 Å². The number of carbonyl (C=O) groups is 21. The maximum Gasteiger partial charge on any atom is 0.326 e. The molecule has 654 valence electrons. The molecule has 117 heavy (non-hydrogen) atoms. The molecule has 1 heterocycles. The van der Waals surface area contributed by atoms with Crippen LogP contribution in [0.15, 0.2) is 12.5 Å². The minimum Gasteiger partial charge on any atom is -0.481 e. The number of aliphatic hydroxyl groups excluding tert-OH is 2. The van der Waals surface area contributed by atoms with Crippen LogP contribution in [0.1, 0.15) is 110 Å². The van der Waals surface area contributed by atoms with E-state index in [1.807, 2.05) is 5.32 Å². The fourth-order valence-electron chi connectivity index (χ4n) is 10.1. The second-order valence-electron chi connectivity index (χ2n) is 26.6. The van der Waals surface area contributed by atoms with Gasteiger partial charge in [0.1, 0.15) is 72.5 Å². The first-order valence-electron chi connectivity index (χ1n) is 36.0. The van der Waals surface area contributed by atoms with Crippen molar-refractivity contribution in [2.24, 2.45) is 34.8 Å². The van der Waals surface area contributed by atoms with Crippen molar-refractivity contribution in [3.05, 3.63) is 18.2 Å². The largest absolute Gasteiger partial charge is 0.481 e. The van der Waals surface area contributed by atoms with Crippen LogP contribution in [0.25, 0.3) is 0 Å². The Balaban J connectivity index is 3.30. The van der Waals surface area contributed by atoms with E-state index >= 15 is 0 Å². The van der Waals surface area contributed by atoms with Crippen molar-refractivity contribution in [1.29, 1.82) is 5.41 Å². The molecular weight excluding hydrogens is 1600 g/mol. The highest BCUT2D eigenvalue weighted by Crippen LogP contribution is 2.13. The molecule has 0 bridgehead atoms. The normalized spacial score (nSPS) is 14.5. The highest BCUT2D eigenvalue weighted by Gasteiger charge is 2.38. The summed E-state index contributed by atoms with van der Waals surface area (Å²) in [4.78, 5) is 278. The van der Waals surface area contributed by atoms with Crippen molar-refractivity contribution in [3.8, 4) is 0 Å². The Labute approximate surface area is 678 Å². The summed E-state index contributed by atoms with van der Waals surface area (Å²) >= 11 is 8.12. The summed E-state index contributed by atoms with van der Waals surface area (Å²) < 4.78 is 0. The summed E-state index contributed by atoms with van der Waals surface area (Å²) in [5.74, 6) is -27.4. The molecule has 0 aliphatic rings. The number of carboxylic acids is 4. The molecule has 0 radical (unpaired) electrons. The number of amides is 17. The van der Waals surface area contributed by atoms with Crippen LogP contribution in [-0.4, -0.2) is 300 Å². The highest BCUT2D eigenvalue weighted by atomic mass is 32.1. The maximum atomic E-state index is 14.2. The molecule has 0 saturated carbocycles. The van der Waals surface area contributed by atoms with Crippen molar-refractivity contribution in [1.82, 2.24) is 95.0 Å². The van der Waals surface area contributed by atoms with Crippen LogP contribution in [0.5, 0.6) is 0 Å². The van der Waals surface area contributed by atoms with Crippen molar-refractivity contribution in [2.75, 3.05) is 50.9 Å². The first-order chi connectivity index (χ1) is 54.9. The molecule has 32 N–H and O–H groups in total. The van der Waals surface area contributed by atoms with Crippen LogP contribution >= 0.6 is 25.3 Å². The van der Waals surface area contributed by atoms with Crippen LogP contribution in [0, 0.1) is 17.2 Å². The lowest BCUT2D eigenvalue weighted by Gasteiger charge is -2.29. The lowest BCUT2D eigenvalue weighted by Crippen LogP contribution is -2.62. The molecule has 1 aromatic rings. The summed E-state index contributed by atoms with van der Waals surface area (Å²) in [7, 11) is 0. The molecular formula is C65H105N23O27S2. The Morgan fingerprint density at radius 3 is 1.26 bits per heavy atom. The van der Waals surface area contributed by atoms with Crippen molar-refractivity contribution in [3.63, 3.8) is 0 Å². The third kappa shape index (κ3) is 41.2. The Kier molecular flexibility index (Phi) is 47.4. The molecule has 1 aromatic heterocycles. The minimum absolute atomic E-state index is 0.0201. The number of guanidine groups is 1. The topological polar surface area (TPSA) is 829 Å². The van der Waals surface area contributed by atoms with E-state index in [2.05, 4.69) is 115 Å². The van der Waals surface area contributed by atoms with Gasteiger partial charge in [0.05, 0.1) is 58.1 Å². The minimum atomic E-state index is -2.04. The fraction of sp³-hybridized carbons (Fsp3) is 0.615. The molecule has 0 aliphatic carbocycles. The zero-order valence-corrected chi connectivity index (χ0v) is 65.9. The van der Waals surface area contributed by atoms with Crippen LogP contribution in [0.4, 0.5) is 0 Å². The molecule has 52 heteroatoms. The predicted molar refractivity (Wildman–Crippen MR) is 408 cm³/mol. The van der Waals surface area contributed by atoms with Crippen LogP contribution in [0.2, 0.25) is 0 Å². The summed E-state index contributed by atoms with van der Waals surface area (Å²) in [6, 6.07) is -22.3. The Morgan fingerprint density at radius 1 is 0.444 bits per heavy atom. The number of aromatic nitrogens is 2. The third-order valence-electron chi connectivity index (χ3n) is 16.6. The van der Waals surface area contributed by atoms with E-state index in [9.17, 15) is 121 Å². The highest BCUT2D eigenvalue weighted by molar-refractivity contribution is 7.80. The van der Waals surface area contributed by atoms with Gasteiger partial charge in [-0.2, -0.15) is 25.3 Å². The maximum absolute atomic E-state index is 14.2. The first-order valence-corrected chi connectivity index (χ1v) is 37.3. The zero-order valence-electron chi connectivity index (χ0n) is 64.1. The summed E-state index contributed by atoms with van der Waals surface area (Å²) in [5, 5.41) is 102. The van der Waals surface area contributed by atoms with Gasteiger partial charge in [0, 0.05) is 55.6 Å². The van der Waals surface area contributed by atoms with E-state index in [1.165, 1.54) is 19.4 Å². The molecule has 17 amide bonds. The Morgan fingerprint density at radius 2 is 0.838 bits per heavy atom. The molecule has 0 unspecified atom stereocenters. The van der Waals surface area contributed by atoms with E-state index in [1.54, 1.807) is 20.8 Å². The number of aromatic amines is 1. The van der Waals surface area contributed by atoms with E-state index in [4.69, 9.17) is 38.6 Å². The SMILES string of the molecule is CC[C@H](C)[C@H](NC(=O)[C@H](CCCNC(=N)N)NC(=O)CNC(=O)CNC(=O)CNC(=O)[C@H](CC(C)C)NC(=O)[C@H](CS)NC(=O)[C@H](CCC(=O)O)NC(=O)[C@H](CS)NC(=O)[C@@H](N)CC(=O)O)C(=O)N[C@@H](CO)C(=O)N[C@@H](Cc1cnc[nH]1)C(=O)N[C@@H](CCC(N)=O)C(=O)N[C@@H](CO)C(=O)N[C@@H](CCC(N)=O)C(=O)N[C@@H](CC(=O)O)C(=O)O. The second-order valence-corrected chi connectivity index (χ2v) is 27.3. The number of thiol groups is 2. The van der Waals surface area contributed by atoms with Gasteiger partial charge in [0.25, 0.3) is 0 Å². The first kappa shape index (κ1) is 103. The second kappa shape index (κ2) is 53.9. The van der Waals surface area contributed by atoms with E-state index < -0.39 is 317 Å². The van der Waals surface area contributed by atoms with E-state index in [0.717, 1.165) is 0 Å². The van der Waals surface area contributed by atoms with Crippen molar-refractivity contribution in [2.45, 2.75) is 190 Å². The van der Waals surface area contributed by atoms with Gasteiger partial charge in [0.15, 0.2) is 5.96 Å². The number of H-pyrrole nitrogens is 1. The van der Waals surface area contributed by atoms with Gasteiger partial charge in [0.2, 0.25) is 100 Å². The number of aliphatic hydroxyl groups is 2. The van der Waals surface area contributed by atoms with E-state index in [0.29, 0.717) is 0 Å². The van der Waals surface area contributed by atoms with Gasteiger partial charge < -0.3 is 144 Å². The third-order valence-corrected chi connectivity index (χ3v) is 17.3. The van der Waals surface area contributed by atoms with Gasteiger partial charge in [-0.15, -0.1) is 0 Å². The predicted octanol–water partition coefficient (Wildman–Crippen LogP) is -12.9. The lowest BCUT2D eigenvalue weighted by atomic mass is 9.97. The number of imidazole rings is 1. The van der Waals surface area contributed by atoms with Crippen LogP contribution < -0.4 is 108 Å². The molecule has 0 spiro atoms. The standard InChI is InChI=1S/C65H105N23O27S2/c1-5-29(4)51(63(113)85-40(24-90)60(110)82-37(16-30-19-71-27-76-30)58(108)78-34(9-12-44(68)92)55(105)84-39(23-89)59(109)79-33(8-11-43(67)91)54(104)83-38(64(114)115)18-50(100)101)88-57(107)32(7-6-14-72-65(69)70)77-47(95)22-74-45(93)20-73-46(94)21-75-53(103)36(15-28(2)3)81-62(112)42(26-117)87-56(106)35(10-13-48(96)97)80-61(111)41(25-116)86-52(102)31(66)17-49(98)99/h19,27-29,31-42,51,89-90,116-117H,5-18,20-26,66H2,1-4H3,(H2,67,91)(H2,68,92)(H,71,76)(H,73,94)(H,74,93)(H,75,103)(H,77,95)(H,78,108)(H,79,109)(H,80,111)(H,81,112)(H,82,110)(H,83,104)(H,84,105)(H,85,113)(H,86,102)(H,87,106)(H,88,107)(H,96,97)(H,98,99)(H,100,101)(H,114,115)(H4,69,70,72)/t29-,31-,32-,33-,34-,35-,36-,37-,38-,39-,40-,41-,42-,51-/m0/s1. The summed E-state index contributed by atoms with van der Waals surface area (Å²) in [6.07, 6.45) is -3.85. The molecule has 0 saturated heterocycles. The Hall–Kier alpha value is -12.1. The number of aliphatic carboxylic acids is 4. The number of carboxylic acid groups (broad SMARTS) is 4. The molecule has 0 fully saturated rings. The van der Waals surface area contributed by atoms with Gasteiger partial charge >= 0.3 is 23.9 Å². The van der Waals surface area contributed by atoms with Gasteiger partial charge in [-0.3, -0.25) is 101 Å². The number of nitrogens with zero attached hydrogens (tertiary/aromatic N) is 1. The van der Waals surface area contributed by atoms with Crippen LogP contribution in [0.3, 0.4) is 0 Å². The number of nitrogens with two attached hydrogens (primary N) is 4. The molecule has 0 aliphatic heterocycles. The summed E-state index contributed by atoms with van der Waals surface area (Å²) in [6.45, 7) is 1.55. The van der Waals surface area contributed by atoms with Crippen molar-refractivity contribution < 1.29 is 131 Å². The van der Waals surface area contributed by atoms with Gasteiger partial charge in [-0.1, -0.05) is 34.1 Å². The monoisotopic (exact) mass is 1700 g/mol. The average molecular weight is 1700 g/mol. The number of hydrogen-bond donors (Lipinski definition) is 30. The average Bonchev–Trinajstić information content (AvgIpc) is 1.71. The van der Waals surface area contributed by atoms with Crippen molar-refractivity contribution >= 4 is 156 Å². The molecule has 14 atom stereocenters. The fourth-order valence-corrected chi connectivity index (χ4v) is 10.6. The Bertz CT molecular complexity index is 3670. The quantitative estimate of drug-likeness (QED) is 0.0125. The molecule has 1 rings (SSSR count). The number of rotatable bonds is 58. The zero-order chi connectivity index (χ0) is 88.9. The molecule has 0 aromatic carbocycles. The summed E-state index contributed by atoms with van der Waals surface area (Å²) in [5.41, 5.74) is 21.7. The molecule has 50 nitrogen and oxygen atoms in total. The number of nitrogens with one attached hydrogen (secondary N) is 18. The van der Waals surface area contributed by atoms with Crippen LogP contribution in [-0.2, 0) is 107 Å². The number of carbonyl (C=O) groups excluding carboxylic acids is 17. The lowest BCUT2D eigenvalue weighted by molar-refractivity contribution is -0.147. The van der Waals surface area contributed by atoms with Gasteiger partial charge in [-0.25, -0.2) is 9.78 Å². The number of primary amides is 2. The van der Waals surface area contributed by atoms with Gasteiger partial charge in [-0.05, 0) is 50.4 Å². The number of hydrogen-bond acceptors (Lipinski definition) is 28.